The van der Waals surface area contributed by atoms with Crippen molar-refractivity contribution < 1.29 is 18.3 Å². The quantitative estimate of drug-likeness (QED) is 0.521. The summed E-state index contributed by atoms with van der Waals surface area (Å²) in [5.74, 6) is 0.537. The van der Waals surface area contributed by atoms with E-state index in [4.69, 9.17) is 0 Å². The third kappa shape index (κ3) is 5.06. The maximum absolute atomic E-state index is 13.0. The summed E-state index contributed by atoms with van der Waals surface area (Å²) in [6.45, 7) is 4.66. The normalized spacial score (nSPS) is 15.2. The fourth-order valence-electron chi connectivity index (χ4n) is 4.27. The number of hydrogen-bond acceptors (Lipinski definition) is 8. The van der Waals surface area contributed by atoms with Gasteiger partial charge < -0.3 is 10.0 Å². The number of hydrogen-bond donors (Lipinski definition) is 1. The van der Waals surface area contributed by atoms with Crippen LogP contribution in [-0.2, 0) is 16.6 Å². The average Bonchev–Trinajstić information content (AvgIpc) is 3.33. The van der Waals surface area contributed by atoms with Gasteiger partial charge in [-0.3, -0.25) is 4.90 Å². The lowest BCUT2D eigenvalue weighted by molar-refractivity contribution is 0.203. The Balaban J connectivity index is 1.46. The molecule has 1 fully saturated rings. The molecule has 0 bridgehead atoms. The topological polar surface area (TPSA) is 107 Å². The lowest BCUT2D eigenvalue weighted by Gasteiger charge is -2.37. The molecule has 2 aromatic heterocycles. The molecule has 1 amide bonds. The number of carboxylic acid groups (broad SMARTS) is 1. The molecule has 1 saturated heterocycles. The minimum absolute atomic E-state index is 0.154. The lowest BCUT2D eigenvalue weighted by Crippen LogP contribution is -2.43. The minimum atomic E-state index is -4.36. The standard InChI is InChI=1S/C23H27N5O4S2/c1-17-12-20(34(31,32)28(23(29)30)21-15-33-16-25-21)13-24-22(17)26(2)19-8-10-27(11-9-19)14-18-6-4-3-5-7-18/h3-7,12-13,15-16,19H,8-11,14H2,1-2H3,(H,29,30). The molecule has 9 nitrogen and oxygen atoms in total. The molecule has 0 atom stereocenters. The number of piperidine rings is 1. The highest BCUT2D eigenvalue weighted by atomic mass is 32.2. The summed E-state index contributed by atoms with van der Waals surface area (Å²) in [5, 5.41) is 10.9. The number of aryl methyl sites for hydroxylation is 1. The van der Waals surface area contributed by atoms with Crippen molar-refractivity contribution in [3.8, 4) is 0 Å². The van der Waals surface area contributed by atoms with Gasteiger partial charge in [-0.2, -0.15) is 0 Å². The first kappa shape index (κ1) is 24.1. The van der Waals surface area contributed by atoms with Gasteiger partial charge in [0.2, 0.25) is 0 Å². The van der Waals surface area contributed by atoms with Crippen LogP contribution in [0.5, 0.6) is 0 Å². The number of aromatic nitrogens is 2. The Labute approximate surface area is 203 Å². The number of anilines is 2. The van der Waals surface area contributed by atoms with Crippen molar-refractivity contribution in [2.75, 3.05) is 29.3 Å². The molecule has 0 unspecified atom stereocenters. The molecule has 11 heteroatoms. The van der Waals surface area contributed by atoms with Crippen molar-refractivity contribution >= 4 is 39.1 Å². The monoisotopic (exact) mass is 501 g/mol. The van der Waals surface area contributed by atoms with Gasteiger partial charge in [-0.1, -0.05) is 30.3 Å². The summed E-state index contributed by atoms with van der Waals surface area (Å²) in [6.07, 6.45) is 1.55. The number of carbonyl (C=O) groups is 1. The maximum Gasteiger partial charge on any atom is 0.427 e. The summed E-state index contributed by atoms with van der Waals surface area (Å²) in [4.78, 5) is 24.3. The summed E-state index contributed by atoms with van der Waals surface area (Å²) in [7, 11) is -2.39. The van der Waals surface area contributed by atoms with Crippen LogP contribution in [0, 0.1) is 6.92 Å². The molecule has 3 aromatic rings. The van der Waals surface area contributed by atoms with Gasteiger partial charge in [-0.25, -0.2) is 23.2 Å². The lowest BCUT2D eigenvalue weighted by atomic mass is 10.0. The summed E-state index contributed by atoms with van der Waals surface area (Å²) in [5.41, 5.74) is 3.35. The molecule has 1 aliphatic rings. The Hall–Kier alpha value is -3.02. The van der Waals surface area contributed by atoms with Crippen molar-refractivity contribution in [3.63, 3.8) is 0 Å². The van der Waals surface area contributed by atoms with Crippen LogP contribution >= 0.6 is 11.3 Å². The van der Waals surface area contributed by atoms with Gasteiger partial charge >= 0.3 is 6.09 Å². The van der Waals surface area contributed by atoms with Gasteiger partial charge in [0.05, 0.1) is 5.51 Å². The molecule has 180 valence electrons. The smallest absolute Gasteiger partial charge is 0.427 e. The predicted molar refractivity (Wildman–Crippen MR) is 132 cm³/mol. The zero-order valence-electron chi connectivity index (χ0n) is 19.0. The highest BCUT2D eigenvalue weighted by Crippen LogP contribution is 2.28. The molecule has 4 rings (SSSR count). The Bertz CT molecular complexity index is 1230. The number of benzene rings is 1. The number of rotatable bonds is 7. The van der Waals surface area contributed by atoms with Crippen LogP contribution in [0.25, 0.3) is 0 Å². The van der Waals surface area contributed by atoms with Gasteiger partial charge in [0.1, 0.15) is 10.7 Å². The van der Waals surface area contributed by atoms with Crippen molar-refractivity contribution in [1.82, 2.24) is 14.9 Å². The van der Waals surface area contributed by atoms with Crippen molar-refractivity contribution in [2.24, 2.45) is 0 Å². The zero-order valence-corrected chi connectivity index (χ0v) is 20.7. The molecular formula is C23H27N5O4S2. The van der Waals surface area contributed by atoms with Crippen LogP contribution in [-0.4, -0.2) is 60.7 Å². The number of sulfonamides is 1. The van der Waals surface area contributed by atoms with E-state index in [1.54, 1.807) is 6.92 Å². The summed E-state index contributed by atoms with van der Waals surface area (Å²) in [6, 6.07) is 12.2. The van der Waals surface area contributed by atoms with Crippen LogP contribution in [0.15, 0.2) is 58.4 Å². The van der Waals surface area contributed by atoms with Gasteiger partial charge in [0.15, 0.2) is 5.82 Å². The van der Waals surface area contributed by atoms with Gasteiger partial charge in [0.25, 0.3) is 10.0 Å². The fourth-order valence-corrected chi connectivity index (χ4v) is 6.13. The molecule has 1 aliphatic heterocycles. The maximum atomic E-state index is 13.0. The average molecular weight is 502 g/mol. The van der Waals surface area contributed by atoms with E-state index in [-0.39, 0.29) is 21.1 Å². The van der Waals surface area contributed by atoms with E-state index in [1.807, 2.05) is 13.1 Å². The van der Waals surface area contributed by atoms with E-state index in [0.29, 0.717) is 11.4 Å². The predicted octanol–water partition coefficient (Wildman–Crippen LogP) is 3.82. The van der Waals surface area contributed by atoms with Crippen LogP contribution in [0.1, 0.15) is 24.0 Å². The summed E-state index contributed by atoms with van der Waals surface area (Å²) < 4.78 is 26.4. The van der Waals surface area contributed by atoms with E-state index in [9.17, 15) is 18.3 Å². The zero-order chi connectivity index (χ0) is 24.3. The van der Waals surface area contributed by atoms with Crippen LogP contribution in [0.3, 0.4) is 0 Å². The first-order valence-electron chi connectivity index (χ1n) is 10.9. The van der Waals surface area contributed by atoms with E-state index in [2.05, 4.69) is 44.0 Å². The second kappa shape index (κ2) is 10.1. The highest BCUT2D eigenvalue weighted by molar-refractivity contribution is 7.93. The van der Waals surface area contributed by atoms with E-state index < -0.39 is 16.1 Å². The van der Waals surface area contributed by atoms with Crippen molar-refractivity contribution in [1.29, 1.82) is 0 Å². The first-order valence-corrected chi connectivity index (χ1v) is 13.3. The van der Waals surface area contributed by atoms with Crippen LogP contribution in [0.2, 0.25) is 0 Å². The van der Waals surface area contributed by atoms with Crippen LogP contribution in [0.4, 0.5) is 16.4 Å². The molecule has 0 aliphatic carbocycles. The molecule has 1 N–H and O–H groups in total. The fraction of sp³-hybridized carbons (Fsp3) is 0.348. The SMILES string of the molecule is Cc1cc(S(=O)(=O)N(C(=O)O)c2cscn2)cnc1N(C)C1CCN(Cc2ccccc2)CC1. The number of likely N-dealkylation sites (tertiary alicyclic amines) is 1. The molecule has 34 heavy (non-hydrogen) atoms. The van der Waals surface area contributed by atoms with E-state index >= 15 is 0 Å². The number of pyridine rings is 1. The molecule has 0 saturated carbocycles. The molecule has 0 spiro atoms. The Morgan fingerprint density at radius 3 is 2.50 bits per heavy atom. The second-order valence-electron chi connectivity index (χ2n) is 8.31. The van der Waals surface area contributed by atoms with Gasteiger partial charge in [-0.15, -0.1) is 15.6 Å². The largest absolute Gasteiger partial charge is 0.464 e. The highest BCUT2D eigenvalue weighted by Gasteiger charge is 2.33. The number of nitrogens with zero attached hydrogens (tertiary/aromatic N) is 5. The molecule has 3 heterocycles. The Morgan fingerprint density at radius 1 is 1.21 bits per heavy atom. The van der Waals surface area contributed by atoms with Crippen LogP contribution < -0.4 is 9.21 Å². The molecular weight excluding hydrogens is 474 g/mol. The number of thiazole rings is 1. The summed E-state index contributed by atoms with van der Waals surface area (Å²) >= 11 is 1.12. The van der Waals surface area contributed by atoms with Crippen molar-refractivity contribution in [2.45, 2.75) is 37.2 Å². The number of amides is 1. The van der Waals surface area contributed by atoms with Crippen molar-refractivity contribution in [3.05, 3.63) is 64.6 Å². The third-order valence-electron chi connectivity index (χ3n) is 6.05. The minimum Gasteiger partial charge on any atom is -0.464 e. The second-order valence-corrected chi connectivity index (χ2v) is 10.8. The first-order chi connectivity index (χ1) is 16.3. The van der Waals surface area contributed by atoms with Gasteiger partial charge in [0, 0.05) is 44.3 Å². The van der Waals surface area contributed by atoms with Gasteiger partial charge in [-0.05, 0) is 37.0 Å². The van der Waals surface area contributed by atoms with E-state index in [0.717, 1.165) is 43.8 Å². The third-order valence-corrected chi connectivity index (χ3v) is 8.27. The Kier molecular flexibility index (Phi) is 7.15. The van der Waals surface area contributed by atoms with E-state index in [1.165, 1.54) is 28.7 Å². The Morgan fingerprint density at radius 2 is 1.91 bits per heavy atom. The molecule has 1 aromatic carbocycles. The molecule has 0 radical (unpaired) electrons.